The topological polar surface area (TPSA) is 105 Å². The van der Waals surface area contributed by atoms with Gasteiger partial charge in [0, 0.05) is 22.8 Å². The fourth-order valence-corrected chi connectivity index (χ4v) is 5.58. The molecule has 0 saturated carbocycles. The quantitative estimate of drug-likeness (QED) is 0.694. The number of carboxylic acid groups (broad SMARTS) is 1. The van der Waals surface area contributed by atoms with Crippen molar-refractivity contribution in [2.75, 3.05) is 12.4 Å². The molecular weight excluding hydrogens is 430 g/mol. The molecule has 32 heavy (non-hydrogen) atoms. The summed E-state index contributed by atoms with van der Waals surface area (Å²) in [7, 11) is 1.29. The van der Waals surface area contributed by atoms with Crippen LogP contribution in [0, 0.1) is 11.8 Å². The molecule has 1 N–H and O–H groups in total. The van der Waals surface area contributed by atoms with Gasteiger partial charge >= 0.3 is 5.97 Å². The molecule has 7 nitrogen and oxygen atoms in total. The van der Waals surface area contributed by atoms with Gasteiger partial charge in [-0.3, -0.25) is 4.79 Å². The summed E-state index contributed by atoms with van der Waals surface area (Å²) in [5.74, 6) is -4.16. The highest BCUT2D eigenvalue weighted by atomic mass is 32.1. The van der Waals surface area contributed by atoms with Gasteiger partial charge < -0.3 is 24.7 Å². The van der Waals surface area contributed by atoms with E-state index in [-0.39, 0.29) is 11.0 Å². The second-order valence-electron chi connectivity index (χ2n) is 9.32. The Morgan fingerprint density at radius 1 is 1.09 bits per heavy atom. The first-order chi connectivity index (χ1) is 15.1. The van der Waals surface area contributed by atoms with Crippen molar-refractivity contribution in [1.82, 2.24) is 0 Å². The maximum Gasteiger partial charge on any atom is 0.341 e. The van der Waals surface area contributed by atoms with Gasteiger partial charge in [-0.25, -0.2) is 4.79 Å². The number of nitrogens with one attached hydrogen (secondary N) is 1. The predicted octanol–water partition coefficient (Wildman–Crippen LogP) is 2.98. The van der Waals surface area contributed by atoms with Crippen molar-refractivity contribution in [3.63, 3.8) is 0 Å². The van der Waals surface area contributed by atoms with Crippen molar-refractivity contribution in [3.05, 3.63) is 40.8 Å². The van der Waals surface area contributed by atoms with E-state index in [4.69, 9.17) is 9.47 Å². The van der Waals surface area contributed by atoms with Crippen LogP contribution in [-0.4, -0.2) is 37.2 Å². The zero-order chi connectivity index (χ0) is 23.2. The summed E-state index contributed by atoms with van der Waals surface area (Å²) in [4.78, 5) is 37.3. The molecule has 4 rings (SSSR count). The Morgan fingerprint density at radius 2 is 1.72 bits per heavy atom. The first-order valence-electron chi connectivity index (χ1n) is 10.6. The molecule has 0 aliphatic carbocycles. The van der Waals surface area contributed by atoms with E-state index in [1.807, 2.05) is 24.3 Å². The van der Waals surface area contributed by atoms with E-state index in [2.05, 4.69) is 26.1 Å². The number of fused-ring (bicyclic) bond motifs is 2. The molecule has 4 atom stereocenters. The van der Waals surface area contributed by atoms with E-state index in [0.29, 0.717) is 23.4 Å². The fraction of sp³-hybridized carbons (Fsp3) is 0.458. The number of carbonyl (C=O) groups is 3. The lowest BCUT2D eigenvalue weighted by Crippen LogP contribution is -2.46. The van der Waals surface area contributed by atoms with Crippen LogP contribution >= 0.6 is 11.3 Å². The van der Waals surface area contributed by atoms with Crippen LogP contribution in [-0.2, 0) is 24.5 Å². The summed E-state index contributed by atoms with van der Waals surface area (Å²) in [5, 5.41) is 16.5. The van der Waals surface area contributed by atoms with Crippen LogP contribution < -0.4 is 10.4 Å². The highest BCUT2D eigenvalue weighted by Crippen LogP contribution is 2.44. The van der Waals surface area contributed by atoms with Gasteiger partial charge in [-0.15, -0.1) is 11.3 Å². The Balaban J connectivity index is 1.64. The number of methoxy groups -OCH3 is 1. The smallest absolute Gasteiger partial charge is 0.341 e. The van der Waals surface area contributed by atoms with E-state index in [1.54, 1.807) is 5.38 Å². The van der Waals surface area contributed by atoms with Crippen LogP contribution in [0.5, 0.6) is 0 Å². The first kappa shape index (κ1) is 22.5. The molecule has 2 saturated heterocycles. The largest absolute Gasteiger partial charge is 0.550 e. The third-order valence-corrected chi connectivity index (χ3v) is 7.22. The molecule has 1 aromatic carbocycles. The zero-order valence-electron chi connectivity index (χ0n) is 18.5. The number of amides is 1. The van der Waals surface area contributed by atoms with Gasteiger partial charge in [-0.1, -0.05) is 45.0 Å². The molecule has 3 heterocycles. The molecule has 2 aliphatic heterocycles. The third-order valence-electron chi connectivity index (χ3n) is 6.33. The normalized spacial score (nSPS) is 24.4. The number of carbonyl (C=O) groups excluding carboxylic acids is 3. The number of ether oxygens (including phenoxy) is 2. The molecule has 0 unspecified atom stereocenters. The van der Waals surface area contributed by atoms with Gasteiger partial charge in [0.05, 0.1) is 25.2 Å². The highest BCUT2D eigenvalue weighted by molar-refractivity contribution is 7.15. The Morgan fingerprint density at radius 3 is 2.28 bits per heavy atom. The lowest BCUT2D eigenvalue weighted by atomic mass is 9.78. The van der Waals surface area contributed by atoms with Crippen molar-refractivity contribution in [1.29, 1.82) is 0 Å². The second-order valence-corrected chi connectivity index (χ2v) is 10.2. The standard InChI is InChI=1S/C24H27NO6S/c1-24(2,3)13-7-5-12(6-8-13)14-11-32-21(17(14)23(29)30-4)25-20(26)18-15-9-10-16(31-15)19(18)22(27)28/h5-8,11,15-16,18-19H,9-10H2,1-4H3,(H,25,26)(H,27,28)/p-1/t15-,16+,18-,19-/m0/s1. The molecule has 0 radical (unpaired) electrons. The summed E-state index contributed by atoms with van der Waals surface area (Å²) >= 11 is 1.20. The summed E-state index contributed by atoms with van der Waals surface area (Å²) in [6.07, 6.45) is 0.287. The van der Waals surface area contributed by atoms with Crippen molar-refractivity contribution in [2.45, 2.75) is 51.2 Å². The van der Waals surface area contributed by atoms with Crippen LogP contribution in [0.3, 0.4) is 0 Å². The predicted molar refractivity (Wildman–Crippen MR) is 118 cm³/mol. The average molecular weight is 457 g/mol. The SMILES string of the molecule is COC(=O)c1c(-c2ccc(C(C)(C)C)cc2)csc1NC(=O)[C@@H]1[C@@H](C(=O)[O-])[C@H]2CC[C@@H]1O2. The lowest BCUT2D eigenvalue weighted by molar-refractivity contribution is -0.313. The highest BCUT2D eigenvalue weighted by Gasteiger charge is 2.53. The molecule has 0 spiro atoms. The van der Waals surface area contributed by atoms with Crippen molar-refractivity contribution in [2.24, 2.45) is 11.8 Å². The minimum Gasteiger partial charge on any atom is -0.550 e. The minimum atomic E-state index is -1.28. The summed E-state index contributed by atoms with van der Waals surface area (Å²) in [5.41, 5.74) is 2.89. The summed E-state index contributed by atoms with van der Waals surface area (Å²) in [6.45, 7) is 6.37. The Bertz CT molecular complexity index is 1050. The second kappa shape index (κ2) is 8.33. The van der Waals surface area contributed by atoms with Crippen molar-refractivity contribution >= 4 is 34.2 Å². The molecule has 1 aromatic heterocycles. The number of hydrogen-bond donors (Lipinski definition) is 1. The number of thiophene rings is 1. The molecule has 8 heteroatoms. The lowest BCUT2D eigenvalue weighted by Gasteiger charge is -2.27. The maximum absolute atomic E-state index is 13.1. The minimum absolute atomic E-state index is 0.00420. The van der Waals surface area contributed by atoms with E-state index in [0.717, 1.165) is 11.1 Å². The average Bonchev–Trinajstić information content (AvgIpc) is 3.47. The van der Waals surface area contributed by atoms with Gasteiger partial charge in [-0.05, 0) is 29.4 Å². The van der Waals surface area contributed by atoms with Gasteiger partial charge in [0.25, 0.3) is 0 Å². The molecule has 2 fully saturated rings. The Labute approximate surface area is 190 Å². The molecule has 2 aliphatic rings. The number of carboxylic acids is 1. The number of rotatable bonds is 5. The zero-order valence-corrected chi connectivity index (χ0v) is 19.3. The van der Waals surface area contributed by atoms with Crippen LogP contribution in [0.2, 0.25) is 0 Å². The Hall–Kier alpha value is -2.71. The molecule has 1 amide bonds. The van der Waals surface area contributed by atoms with Crippen molar-refractivity contribution < 1.29 is 29.0 Å². The first-order valence-corrected chi connectivity index (χ1v) is 11.5. The van der Waals surface area contributed by atoms with Gasteiger partial charge in [0.2, 0.25) is 5.91 Å². The van der Waals surface area contributed by atoms with Gasteiger partial charge in [0.1, 0.15) is 10.6 Å². The maximum atomic E-state index is 13.1. The molecule has 2 bridgehead atoms. The van der Waals surface area contributed by atoms with E-state index >= 15 is 0 Å². The number of hydrogen-bond acceptors (Lipinski definition) is 7. The van der Waals surface area contributed by atoms with Crippen molar-refractivity contribution in [3.8, 4) is 11.1 Å². The molecule has 2 aromatic rings. The van der Waals surface area contributed by atoms with Crippen LogP contribution in [0.15, 0.2) is 29.6 Å². The Kier molecular flexibility index (Phi) is 5.85. The van der Waals surface area contributed by atoms with E-state index in [9.17, 15) is 19.5 Å². The number of anilines is 1. The molecule has 170 valence electrons. The summed E-state index contributed by atoms with van der Waals surface area (Å²) in [6, 6.07) is 7.92. The summed E-state index contributed by atoms with van der Waals surface area (Å²) < 4.78 is 10.6. The monoisotopic (exact) mass is 456 g/mol. The number of benzene rings is 1. The van der Waals surface area contributed by atoms with Crippen LogP contribution in [0.4, 0.5) is 5.00 Å². The van der Waals surface area contributed by atoms with Crippen LogP contribution in [0.1, 0.15) is 49.5 Å². The van der Waals surface area contributed by atoms with E-state index in [1.165, 1.54) is 18.4 Å². The number of esters is 1. The van der Waals surface area contributed by atoms with Crippen LogP contribution in [0.25, 0.3) is 11.1 Å². The van der Waals surface area contributed by atoms with E-state index < -0.39 is 41.9 Å². The molecular formula is C24H26NO6S-. The fourth-order valence-electron chi connectivity index (χ4n) is 4.62. The van der Waals surface area contributed by atoms with Gasteiger partial charge in [0.15, 0.2) is 0 Å². The third kappa shape index (κ3) is 3.93. The van der Waals surface area contributed by atoms with Gasteiger partial charge in [-0.2, -0.15) is 0 Å². The number of aliphatic carboxylic acids is 1.